The van der Waals surface area contributed by atoms with Crippen molar-refractivity contribution in [1.82, 2.24) is 5.43 Å². The van der Waals surface area contributed by atoms with Crippen LogP contribution in [0, 0.1) is 0 Å². The van der Waals surface area contributed by atoms with E-state index in [1.54, 1.807) is 11.3 Å². The molecule has 0 amide bonds. The molecule has 0 fully saturated rings. The van der Waals surface area contributed by atoms with E-state index in [4.69, 9.17) is 5.84 Å². The highest BCUT2D eigenvalue weighted by molar-refractivity contribution is 9.11. The van der Waals surface area contributed by atoms with Gasteiger partial charge in [0.2, 0.25) is 0 Å². The van der Waals surface area contributed by atoms with Crippen molar-refractivity contribution in [2.45, 2.75) is 32.2 Å². The zero-order valence-corrected chi connectivity index (χ0v) is 13.8. The molecule has 1 aromatic carbocycles. The molecule has 19 heavy (non-hydrogen) atoms. The Morgan fingerprint density at radius 3 is 2.16 bits per heavy atom. The molecule has 0 radical (unpaired) electrons. The Morgan fingerprint density at radius 1 is 1.11 bits per heavy atom. The fourth-order valence-electron chi connectivity index (χ4n) is 2.00. The maximum atomic E-state index is 5.71. The summed E-state index contributed by atoms with van der Waals surface area (Å²) < 4.78 is 1.12. The lowest BCUT2D eigenvalue weighted by Crippen LogP contribution is -2.28. The van der Waals surface area contributed by atoms with E-state index in [9.17, 15) is 0 Å². The highest BCUT2D eigenvalue weighted by Gasteiger charge is 2.17. The summed E-state index contributed by atoms with van der Waals surface area (Å²) in [5, 5.41) is 0. The van der Waals surface area contributed by atoms with Gasteiger partial charge in [0.1, 0.15) is 0 Å². The summed E-state index contributed by atoms with van der Waals surface area (Å²) in [6.45, 7) is 6.66. The summed E-state index contributed by atoms with van der Waals surface area (Å²) in [6.07, 6.45) is 0. The predicted molar refractivity (Wildman–Crippen MR) is 86.3 cm³/mol. The van der Waals surface area contributed by atoms with Gasteiger partial charge < -0.3 is 0 Å². The van der Waals surface area contributed by atoms with Crippen LogP contribution >= 0.6 is 27.3 Å². The predicted octanol–water partition coefficient (Wildman–Crippen LogP) is 4.36. The molecule has 102 valence electrons. The van der Waals surface area contributed by atoms with Gasteiger partial charge in [0.05, 0.1) is 9.83 Å². The Bertz CT molecular complexity index is 540. The average molecular weight is 339 g/mol. The molecule has 4 heteroatoms. The van der Waals surface area contributed by atoms with Gasteiger partial charge in [-0.05, 0) is 44.6 Å². The Labute approximate surface area is 127 Å². The van der Waals surface area contributed by atoms with E-state index < -0.39 is 0 Å². The van der Waals surface area contributed by atoms with Gasteiger partial charge in [-0.3, -0.25) is 5.84 Å². The zero-order chi connectivity index (χ0) is 14.0. The van der Waals surface area contributed by atoms with Crippen LogP contribution in [0.2, 0.25) is 0 Å². The number of rotatable bonds is 3. The molecule has 0 aliphatic carbocycles. The number of hydrogen-bond acceptors (Lipinski definition) is 3. The SMILES string of the molecule is CC(C)(C)c1ccc(C(NN)c2ccc(Br)s2)cc1. The zero-order valence-electron chi connectivity index (χ0n) is 11.4. The minimum Gasteiger partial charge on any atom is -0.271 e. The van der Waals surface area contributed by atoms with E-state index in [1.807, 2.05) is 6.07 Å². The van der Waals surface area contributed by atoms with Gasteiger partial charge in [-0.2, -0.15) is 0 Å². The van der Waals surface area contributed by atoms with Crippen LogP contribution in [-0.4, -0.2) is 0 Å². The first kappa shape index (κ1) is 14.7. The monoisotopic (exact) mass is 338 g/mol. The number of benzene rings is 1. The van der Waals surface area contributed by atoms with Gasteiger partial charge in [0.25, 0.3) is 0 Å². The van der Waals surface area contributed by atoms with Crippen LogP contribution in [0.1, 0.15) is 42.8 Å². The lowest BCUT2D eigenvalue weighted by molar-refractivity contribution is 0.588. The number of hydrazine groups is 1. The molecule has 0 aliphatic rings. The maximum Gasteiger partial charge on any atom is 0.0802 e. The molecule has 0 saturated carbocycles. The molecule has 0 spiro atoms. The smallest absolute Gasteiger partial charge is 0.0802 e. The summed E-state index contributed by atoms with van der Waals surface area (Å²) in [6, 6.07) is 12.9. The molecule has 2 nitrogen and oxygen atoms in total. The van der Waals surface area contributed by atoms with Crippen molar-refractivity contribution < 1.29 is 0 Å². The molecule has 0 saturated heterocycles. The van der Waals surface area contributed by atoms with Crippen molar-refractivity contribution in [2.24, 2.45) is 5.84 Å². The van der Waals surface area contributed by atoms with Crippen molar-refractivity contribution in [3.63, 3.8) is 0 Å². The molecule has 1 aromatic heterocycles. The summed E-state index contributed by atoms with van der Waals surface area (Å²) in [4.78, 5) is 1.21. The van der Waals surface area contributed by atoms with E-state index in [0.717, 1.165) is 3.79 Å². The molecule has 1 heterocycles. The Hall–Kier alpha value is -0.680. The first-order valence-corrected chi connectivity index (χ1v) is 7.84. The van der Waals surface area contributed by atoms with Crippen LogP contribution in [0.4, 0.5) is 0 Å². The molecule has 1 unspecified atom stereocenters. The van der Waals surface area contributed by atoms with Crippen molar-refractivity contribution in [3.05, 3.63) is 56.2 Å². The number of nitrogens with one attached hydrogen (secondary N) is 1. The van der Waals surface area contributed by atoms with Crippen LogP contribution in [0.3, 0.4) is 0 Å². The van der Waals surface area contributed by atoms with Gasteiger partial charge in [-0.1, -0.05) is 45.0 Å². The van der Waals surface area contributed by atoms with Crippen LogP contribution in [0.5, 0.6) is 0 Å². The molecule has 2 rings (SSSR count). The lowest BCUT2D eigenvalue weighted by Gasteiger charge is -2.21. The number of nitrogens with two attached hydrogens (primary N) is 1. The van der Waals surface area contributed by atoms with Crippen molar-refractivity contribution in [3.8, 4) is 0 Å². The highest BCUT2D eigenvalue weighted by Crippen LogP contribution is 2.32. The summed E-state index contributed by atoms with van der Waals surface area (Å²) in [5.41, 5.74) is 5.59. The average Bonchev–Trinajstić information content (AvgIpc) is 2.76. The van der Waals surface area contributed by atoms with Gasteiger partial charge in [-0.15, -0.1) is 11.3 Å². The number of thiophene rings is 1. The van der Waals surface area contributed by atoms with Crippen LogP contribution in [0.25, 0.3) is 0 Å². The van der Waals surface area contributed by atoms with Crippen LogP contribution < -0.4 is 11.3 Å². The third kappa shape index (κ3) is 3.45. The second kappa shape index (κ2) is 5.75. The summed E-state index contributed by atoms with van der Waals surface area (Å²) >= 11 is 5.19. The van der Waals surface area contributed by atoms with Crippen LogP contribution in [-0.2, 0) is 5.41 Å². The fourth-order valence-corrected chi connectivity index (χ4v) is 3.51. The van der Waals surface area contributed by atoms with Gasteiger partial charge in [0.15, 0.2) is 0 Å². The minimum absolute atomic E-state index is 0.0466. The molecule has 0 bridgehead atoms. The normalized spacial score (nSPS) is 13.5. The quantitative estimate of drug-likeness (QED) is 0.644. The Morgan fingerprint density at radius 2 is 1.74 bits per heavy atom. The first-order chi connectivity index (χ1) is 8.91. The largest absolute Gasteiger partial charge is 0.271 e. The van der Waals surface area contributed by atoms with E-state index in [1.165, 1.54) is 16.0 Å². The standard InChI is InChI=1S/C15H19BrN2S/c1-15(2,3)11-6-4-10(5-7-11)14(18-17)12-8-9-13(16)19-12/h4-9,14,18H,17H2,1-3H3. The second-order valence-electron chi connectivity index (χ2n) is 5.61. The van der Waals surface area contributed by atoms with Gasteiger partial charge in [0, 0.05) is 4.88 Å². The first-order valence-electron chi connectivity index (χ1n) is 6.23. The summed E-state index contributed by atoms with van der Waals surface area (Å²) in [7, 11) is 0. The number of hydrogen-bond donors (Lipinski definition) is 2. The van der Waals surface area contributed by atoms with E-state index in [0.29, 0.717) is 0 Å². The Balaban J connectivity index is 2.30. The maximum absolute atomic E-state index is 5.71. The molecular formula is C15H19BrN2S. The van der Waals surface area contributed by atoms with Crippen LogP contribution in [0.15, 0.2) is 40.2 Å². The third-order valence-corrected chi connectivity index (χ3v) is 4.84. The second-order valence-corrected chi connectivity index (χ2v) is 8.11. The molecule has 0 aliphatic heterocycles. The van der Waals surface area contributed by atoms with E-state index in [-0.39, 0.29) is 11.5 Å². The fraction of sp³-hybridized carbons (Fsp3) is 0.333. The highest BCUT2D eigenvalue weighted by atomic mass is 79.9. The van der Waals surface area contributed by atoms with Crippen molar-refractivity contribution >= 4 is 27.3 Å². The van der Waals surface area contributed by atoms with Crippen molar-refractivity contribution in [1.29, 1.82) is 0 Å². The van der Waals surface area contributed by atoms with Gasteiger partial charge >= 0.3 is 0 Å². The minimum atomic E-state index is 0.0466. The van der Waals surface area contributed by atoms with Gasteiger partial charge in [-0.25, -0.2) is 5.43 Å². The Kier molecular flexibility index (Phi) is 4.46. The third-order valence-electron chi connectivity index (χ3n) is 3.16. The topological polar surface area (TPSA) is 38.0 Å². The molecule has 3 N–H and O–H groups in total. The molecular weight excluding hydrogens is 320 g/mol. The molecule has 2 aromatic rings. The van der Waals surface area contributed by atoms with E-state index in [2.05, 4.69) is 72.5 Å². The van der Waals surface area contributed by atoms with E-state index >= 15 is 0 Å². The van der Waals surface area contributed by atoms with Crippen molar-refractivity contribution in [2.75, 3.05) is 0 Å². The lowest BCUT2D eigenvalue weighted by atomic mass is 9.86. The summed E-state index contributed by atoms with van der Waals surface area (Å²) in [5.74, 6) is 5.71. The number of halogens is 1. The molecule has 1 atom stereocenters.